The molecule has 1 fully saturated rings. The highest BCUT2D eigenvalue weighted by Gasteiger charge is 2.29. The van der Waals surface area contributed by atoms with Gasteiger partial charge in [-0.1, -0.05) is 6.07 Å². The molecular weight excluding hydrogens is 352 g/mol. The summed E-state index contributed by atoms with van der Waals surface area (Å²) in [6.07, 6.45) is 2.15. The molecule has 2 aromatic rings. The third-order valence-corrected chi connectivity index (χ3v) is 7.45. The predicted octanol–water partition coefficient (Wildman–Crippen LogP) is 2.84. The van der Waals surface area contributed by atoms with Crippen LogP contribution in [0.25, 0.3) is 0 Å². The summed E-state index contributed by atoms with van der Waals surface area (Å²) in [5.74, 6) is 0.00702. The third-order valence-electron chi connectivity index (χ3n) is 3.89. The van der Waals surface area contributed by atoms with E-state index >= 15 is 0 Å². The SMILES string of the molecule is O=C(CCNS(=O)(=O)c1cccs1)N1CCCC1c1ccsc1. The Bertz CT molecular complexity index is 739. The lowest BCUT2D eigenvalue weighted by atomic mass is 10.1. The summed E-state index contributed by atoms with van der Waals surface area (Å²) < 4.78 is 26.8. The summed E-state index contributed by atoms with van der Waals surface area (Å²) in [5, 5.41) is 5.82. The Balaban J connectivity index is 1.55. The average molecular weight is 371 g/mol. The molecule has 0 saturated carbocycles. The maximum absolute atomic E-state index is 12.4. The van der Waals surface area contributed by atoms with Gasteiger partial charge in [0.1, 0.15) is 4.21 Å². The number of likely N-dealkylation sites (tertiary alicyclic amines) is 1. The van der Waals surface area contributed by atoms with Crippen LogP contribution in [0.4, 0.5) is 0 Å². The maximum Gasteiger partial charge on any atom is 0.250 e. The molecule has 1 unspecified atom stereocenters. The largest absolute Gasteiger partial charge is 0.336 e. The van der Waals surface area contributed by atoms with Crippen molar-refractivity contribution < 1.29 is 13.2 Å². The van der Waals surface area contributed by atoms with Crippen LogP contribution in [0.1, 0.15) is 30.9 Å². The van der Waals surface area contributed by atoms with Crippen LogP contribution < -0.4 is 4.72 Å². The van der Waals surface area contributed by atoms with E-state index in [4.69, 9.17) is 0 Å². The Kier molecular flexibility index (Phi) is 5.15. The van der Waals surface area contributed by atoms with Gasteiger partial charge in [0.15, 0.2) is 0 Å². The van der Waals surface area contributed by atoms with Gasteiger partial charge in [-0.05, 0) is 46.7 Å². The lowest BCUT2D eigenvalue weighted by molar-refractivity contribution is -0.131. The second-order valence-electron chi connectivity index (χ2n) is 5.38. The Morgan fingerprint density at radius 2 is 2.22 bits per heavy atom. The number of hydrogen-bond donors (Lipinski definition) is 1. The molecule has 1 amide bonds. The first-order valence-electron chi connectivity index (χ1n) is 7.43. The first-order valence-corrected chi connectivity index (χ1v) is 10.7. The maximum atomic E-state index is 12.4. The van der Waals surface area contributed by atoms with Crippen molar-refractivity contribution in [2.24, 2.45) is 0 Å². The lowest BCUT2D eigenvalue weighted by Gasteiger charge is -2.24. The molecule has 0 bridgehead atoms. The highest BCUT2D eigenvalue weighted by atomic mass is 32.2. The first kappa shape index (κ1) is 16.6. The second kappa shape index (κ2) is 7.12. The Hall–Kier alpha value is -1.22. The predicted molar refractivity (Wildman–Crippen MR) is 92.1 cm³/mol. The number of amides is 1. The van der Waals surface area contributed by atoms with Gasteiger partial charge < -0.3 is 4.90 Å². The van der Waals surface area contributed by atoms with Crippen molar-refractivity contribution in [1.82, 2.24) is 9.62 Å². The summed E-state index contributed by atoms with van der Waals surface area (Å²) in [6, 6.07) is 5.45. The molecule has 1 saturated heterocycles. The fourth-order valence-corrected chi connectivity index (χ4v) is 5.58. The van der Waals surface area contributed by atoms with Gasteiger partial charge in [-0.15, -0.1) is 11.3 Å². The van der Waals surface area contributed by atoms with E-state index in [1.165, 1.54) is 16.9 Å². The van der Waals surface area contributed by atoms with Crippen LogP contribution in [0.3, 0.4) is 0 Å². The number of nitrogens with zero attached hydrogens (tertiary/aromatic N) is 1. The molecule has 1 atom stereocenters. The molecule has 3 heterocycles. The molecule has 1 aliphatic rings. The normalized spacial score (nSPS) is 18.4. The summed E-state index contributed by atoms with van der Waals surface area (Å²) >= 11 is 2.80. The summed E-state index contributed by atoms with van der Waals surface area (Å²) in [5.41, 5.74) is 1.18. The monoisotopic (exact) mass is 370 g/mol. The number of nitrogens with one attached hydrogen (secondary N) is 1. The van der Waals surface area contributed by atoms with Crippen LogP contribution >= 0.6 is 22.7 Å². The first-order chi connectivity index (χ1) is 11.1. The number of thiophene rings is 2. The Morgan fingerprint density at radius 3 is 2.91 bits per heavy atom. The number of rotatable bonds is 6. The van der Waals surface area contributed by atoms with Gasteiger partial charge in [-0.2, -0.15) is 11.3 Å². The van der Waals surface area contributed by atoms with Gasteiger partial charge in [-0.25, -0.2) is 13.1 Å². The molecule has 1 N–H and O–H groups in total. The van der Waals surface area contributed by atoms with Crippen LogP contribution in [-0.2, 0) is 14.8 Å². The molecular formula is C15H18N2O3S3. The standard InChI is InChI=1S/C15H18N2O3S3/c18-14(5-7-16-23(19,20)15-4-2-9-22-15)17-8-1-3-13(17)12-6-10-21-11-12/h2,4,6,9-11,13,16H,1,3,5,7-8H2. The minimum absolute atomic E-state index is 0.00702. The van der Waals surface area contributed by atoms with Crippen molar-refractivity contribution in [3.8, 4) is 0 Å². The minimum Gasteiger partial charge on any atom is -0.336 e. The molecule has 0 aromatic carbocycles. The van der Waals surface area contributed by atoms with E-state index in [-0.39, 0.29) is 29.1 Å². The molecule has 1 aliphatic heterocycles. The van der Waals surface area contributed by atoms with E-state index in [2.05, 4.69) is 16.2 Å². The quantitative estimate of drug-likeness (QED) is 0.850. The highest BCUT2D eigenvalue weighted by molar-refractivity contribution is 7.91. The van der Waals surface area contributed by atoms with E-state index < -0.39 is 10.0 Å². The molecule has 0 aliphatic carbocycles. The van der Waals surface area contributed by atoms with Gasteiger partial charge in [0.25, 0.3) is 0 Å². The van der Waals surface area contributed by atoms with Crippen LogP contribution in [-0.4, -0.2) is 32.3 Å². The van der Waals surface area contributed by atoms with Crippen molar-refractivity contribution in [3.05, 3.63) is 39.9 Å². The van der Waals surface area contributed by atoms with Crippen molar-refractivity contribution >= 4 is 38.6 Å². The zero-order valence-corrected chi connectivity index (χ0v) is 14.9. The van der Waals surface area contributed by atoms with Crippen LogP contribution in [0.15, 0.2) is 38.5 Å². The van der Waals surface area contributed by atoms with Gasteiger partial charge in [0, 0.05) is 19.5 Å². The van der Waals surface area contributed by atoms with E-state index in [9.17, 15) is 13.2 Å². The number of carbonyl (C=O) groups is 1. The summed E-state index contributed by atoms with van der Waals surface area (Å²) in [7, 11) is -3.49. The molecule has 23 heavy (non-hydrogen) atoms. The van der Waals surface area contributed by atoms with Gasteiger partial charge in [-0.3, -0.25) is 4.79 Å². The zero-order valence-electron chi connectivity index (χ0n) is 12.5. The van der Waals surface area contributed by atoms with E-state index in [0.29, 0.717) is 0 Å². The fourth-order valence-electron chi connectivity index (χ4n) is 2.80. The van der Waals surface area contributed by atoms with E-state index in [1.807, 2.05) is 10.3 Å². The molecule has 5 nitrogen and oxygen atoms in total. The van der Waals surface area contributed by atoms with Gasteiger partial charge in [0.05, 0.1) is 6.04 Å². The van der Waals surface area contributed by atoms with E-state index in [1.54, 1.807) is 28.8 Å². The fraction of sp³-hybridized carbons (Fsp3) is 0.400. The molecule has 0 radical (unpaired) electrons. The van der Waals surface area contributed by atoms with Crippen molar-refractivity contribution in [2.75, 3.05) is 13.1 Å². The minimum atomic E-state index is -3.49. The molecule has 3 rings (SSSR count). The zero-order chi connectivity index (χ0) is 16.3. The van der Waals surface area contributed by atoms with Crippen LogP contribution in [0.2, 0.25) is 0 Å². The molecule has 124 valence electrons. The molecule has 2 aromatic heterocycles. The second-order valence-corrected chi connectivity index (χ2v) is 9.10. The van der Waals surface area contributed by atoms with Crippen molar-refractivity contribution in [2.45, 2.75) is 29.5 Å². The Morgan fingerprint density at radius 1 is 1.35 bits per heavy atom. The lowest BCUT2D eigenvalue weighted by Crippen LogP contribution is -2.34. The highest BCUT2D eigenvalue weighted by Crippen LogP contribution is 2.33. The van der Waals surface area contributed by atoms with Crippen LogP contribution in [0.5, 0.6) is 0 Å². The number of sulfonamides is 1. The van der Waals surface area contributed by atoms with Gasteiger partial charge >= 0.3 is 0 Å². The Labute approximate surface area is 144 Å². The number of hydrogen-bond acceptors (Lipinski definition) is 5. The topological polar surface area (TPSA) is 66.5 Å². The third kappa shape index (κ3) is 3.82. The van der Waals surface area contributed by atoms with Crippen molar-refractivity contribution in [1.29, 1.82) is 0 Å². The van der Waals surface area contributed by atoms with Crippen LogP contribution in [0, 0.1) is 0 Å². The molecule has 8 heteroatoms. The smallest absolute Gasteiger partial charge is 0.250 e. The van der Waals surface area contributed by atoms with E-state index in [0.717, 1.165) is 19.4 Å². The molecule has 0 spiro atoms. The summed E-state index contributed by atoms with van der Waals surface area (Å²) in [6.45, 7) is 0.878. The van der Waals surface area contributed by atoms with Crippen molar-refractivity contribution in [3.63, 3.8) is 0 Å². The van der Waals surface area contributed by atoms with Gasteiger partial charge in [0.2, 0.25) is 15.9 Å². The summed E-state index contributed by atoms with van der Waals surface area (Å²) in [4.78, 5) is 14.3. The average Bonchev–Trinajstić information content (AvgIpc) is 3.26. The number of carbonyl (C=O) groups excluding carboxylic acids is 1.